The van der Waals surface area contributed by atoms with Crippen LogP contribution in [0.15, 0.2) is 35.3 Å². The lowest BCUT2D eigenvalue weighted by Crippen LogP contribution is -2.44. The molecule has 1 fully saturated rings. The molecule has 2 atom stereocenters. The fourth-order valence-corrected chi connectivity index (χ4v) is 2.84. The largest absolute Gasteiger partial charge is 0.373 e. The SMILES string of the molecule is CCNC(=NCC(C)(C)N(C)C)NCC1CCOC1c1ccccc1.I. The predicted octanol–water partition coefficient (Wildman–Crippen LogP) is 3.28. The highest BCUT2D eigenvalue weighted by molar-refractivity contribution is 14.0. The summed E-state index contributed by atoms with van der Waals surface area (Å²) in [4.78, 5) is 6.98. The Morgan fingerprint density at radius 3 is 2.54 bits per heavy atom. The van der Waals surface area contributed by atoms with Crippen molar-refractivity contribution in [2.45, 2.75) is 38.8 Å². The molecule has 5 nitrogen and oxygen atoms in total. The van der Waals surface area contributed by atoms with Crippen LogP contribution in [0.25, 0.3) is 0 Å². The lowest BCUT2D eigenvalue weighted by molar-refractivity contribution is 0.0915. The van der Waals surface area contributed by atoms with Crippen molar-refractivity contribution in [3.63, 3.8) is 0 Å². The molecule has 0 saturated carbocycles. The van der Waals surface area contributed by atoms with Gasteiger partial charge in [0, 0.05) is 31.2 Å². The summed E-state index contributed by atoms with van der Waals surface area (Å²) in [7, 11) is 4.19. The minimum Gasteiger partial charge on any atom is -0.373 e. The number of hydrogen-bond donors (Lipinski definition) is 2. The van der Waals surface area contributed by atoms with E-state index in [2.05, 4.69) is 74.7 Å². The van der Waals surface area contributed by atoms with Crippen LogP contribution in [0.4, 0.5) is 0 Å². The van der Waals surface area contributed by atoms with Gasteiger partial charge in [0.2, 0.25) is 0 Å². The van der Waals surface area contributed by atoms with E-state index in [0.717, 1.165) is 38.6 Å². The number of likely N-dealkylation sites (N-methyl/N-ethyl adjacent to an activating group) is 1. The summed E-state index contributed by atoms with van der Waals surface area (Å²) in [6.07, 6.45) is 1.25. The van der Waals surface area contributed by atoms with E-state index >= 15 is 0 Å². The summed E-state index contributed by atoms with van der Waals surface area (Å²) in [5, 5.41) is 6.87. The first-order chi connectivity index (χ1) is 11.9. The van der Waals surface area contributed by atoms with Crippen LogP contribution in [-0.2, 0) is 4.74 Å². The number of nitrogens with zero attached hydrogens (tertiary/aromatic N) is 2. The quantitative estimate of drug-likeness (QED) is 0.362. The van der Waals surface area contributed by atoms with E-state index in [1.807, 2.05) is 6.07 Å². The molecule has 0 amide bonds. The topological polar surface area (TPSA) is 48.9 Å². The van der Waals surface area contributed by atoms with E-state index in [1.165, 1.54) is 5.56 Å². The molecule has 2 rings (SSSR count). The minimum absolute atomic E-state index is 0. The summed E-state index contributed by atoms with van der Waals surface area (Å²) in [6, 6.07) is 10.5. The summed E-state index contributed by atoms with van der Waals surface area (Å²) >= 11 is 0. The maximum absolute atomic E-state index is 5.98. The molecule has 0 bridgehead atoms. The Morgan fingerprint density at radius 1 is 1.23 bits per heavy atom. The number of rotatable bonds is 7. The number of hydrogen-bond acceptors (Lipinski definition) is 3. The van der Waals surface area contributed by atoms with Gasteiger partial charge in [-0.1, -0.05) is 30.3 Å². The van der Waals surface area contributed by atoms with Gasteiger partial charge in [-0.3, -0.25) is 4.99 Å². The Kier molecular flexibility index (Phi) is 9.89. The Balaban J connectivity index is 0.00000338. The maximum atomic E-state index is 5.98. The van der Waals surface area contributed by atoms with Crippen LogP contribution >= 0.6 is 24.0 Å². The van der Waals surface area contributed by atoms with Crippen LogP contribution < -0.4 is 10.6 Å². The van der Waals surface area contributed by atoms with Crippen LogP contribution in [0.1, 0.15) is 38.9 Å². The molecule has 0 aliphatic carbocycles. The molecule has 1 saturated heterocycles. The van der Waals surface area contributed by atoms with Crippen LogP contribution in [0.5, 0.6) is 0 Å². The smallest absolute Gasteiger partial charge is 0.191 e. The Bertz CT molecular complexity index is 548. The molecule has 26 heavy (non-hydrogen) atoms. The highest BCUT2D eigenvalue weighted by atomic mass is 127. The van der Waals surface area contributed by atoms with Crippen molar-refractivity contribution in [1.29, 1.82) is 0 Å². The molecular weight excluding hydrogens is 439 g/mol. The van der Waals surface area contributed by atoms with Gasteiger partial charge >= 0.3 is 0 Å². The van der Waals surface area contributed by atoms with Crippen LogP contribution in [0, 0.1) is 5.92 Å². The van der Waals surface area contributed by atoms with Gasteiger partial charge < -0.3 is 20.3 Å². The highest BCUT2D eigenvalue weighted by Crippen LogP contribution is 2.33. The monoisotopic (exact) mass is 474 g/mol. The third-order valence-electron chi connectivity index (χ3n) is 5.05. The molecule has 148 valence electrons. The van der Waals surface area contributed by atoms with Crippen molar-refractivity contribution in [2.24, 2.45) is 10.9 Å². The minimum atomic E-state index is 0. The Morgan fingerprint density at radius 2 is 1.92 bits per heavy atom. The zero-order chi connectivity index (χ0) is 18.3. The predicted molar refractivity (Wildman–Crippen MR) is 120 cm³/mol. The Hall–Kier alpha value is -0.860. The zero-order valence-electron chi connectivity index (χ0n) is 16.8. The third-order valence-corrected chi connectivity index (χ3v) is 5.05. The fraction of sp³-hybridized carbons (Fsp3) is 0.650. The second-order valence-electron chi connectivity index (χ2n) is 7.53. The van der Waals surface area contributed by atoms with Gasteiger partial charge in [0.15, 0.2) is 5.96 Å². The standard InChI is InChI=1S/C20H34N4O.HI/c1-6-21-19(23-15-20(2,3)24(4)5)22-14-17-12-13-25-18(17)16-10-8-7-9-11-16;/h7-11,17-18H,6,12-15H2,1-5H3,(H2,21,22,23);1H. The lowest BCUT2D eigenvalue weighted by Gasteiger charge is -2.31. The normalized spacial score (nSPS) is 20.8. The molecule has 2 N–H and O–H groups in total. The van der Waals surface area contributed by atoms with E-state index < -0.39 is 0 Å². The van der Waals surface area contributed by atoms with Crippen LogP contribution in [0.2, 0.25) is 0 Å². The number of benzene rings is 1. The van der Waals surface area contributed by atoms with Gasteiger partial charge in [0.25, 0.3) is 0 Å². The Labute approximate surface area is 176 Å². The van der Waals surface area contributed by atoms with Crippen LogP contribution in [0.3, 0.4) is 0 Å². The van der Waals surface area contributed by atoms with Crippen molar-refractivity contribution in [3.05, 3.63) is 35.9 Å². The number of nitrogens with one attached hydrogen (secondary N) is 2. The highest BCUT2D eigenvalue weighted by Gasteiger charge is 2.29. The maximum Gasteiger partial charge on any atom is 0.191 e. The van der Waals surface area contributed by atoms with Crippen molar-refractivity contribution >= 4 is 29.9 Å². The first kappa shape index (κ1) is 23.2. The van der Waals surface area contributed by atoms with Gasteiger partial charge in [-0.05, 0) is 46.9 Å². The molecule has 1 aliphatic heterocycles. The van der Waals surface area contributed by atoms with Gasteiger partial charge in [0.1, 0.15) is 0 Å². The molecule has 0 radical (unpaired) electrons. The van der Waals surface area contributed by atoms with E-state index in [1.54, 1.807) is 0 Å². The molecule has 0 spiro atoms. The second kappa shape index (κ2) is 11.1. The molecular formula is C20H35IN4O. The molecule has 1 aliphatic rings. The van der Waals surface area contributed by atoms with Gasteiger partial charge in [0.05, 0.1) is 12.6 Å². The first-order valence-corrected chi connectivity index (χ1v) is 9.30. The summed E-state index contributed by atoms with van der Waals surface area (Å²) < 4.78 is 5.98. The van der Waals surface area contributed by atoms with E-state index in [9.17, 15) is 0 Å². The second-order valence-corrected chi connectivity index (χ2v) is 7.53. The van der Waals surface area contributed by atoms with Crippen molar-refractivity contribution in [3.8, 4) is 0 Å². The van der Waals surface area contributed by atoms with E-state index in [-0.39, 0.29) is 35.6 Å². The van der Waals surface area contributed by atoms with Crippen molar-refractivity contribution in [2.75, 3.05) is 40.3 Å². The molecule has 1 aromatic carbocycles. The molecule has 6 heteroatoms. The number of guanidine groups is 1. The summed E-state index contributed by atoms with van der Waals surface area (Å²) in [5.74, 6) is 1.35. The first-order valence-electron chi connectivity index (χ1n) is 9.30. The number of ether oxygens (including phenoxy) is 1. The van der Waals surface area contributed by atoms with Gasteiger partial charge in [-0.15, -0.1) is 24.0 Å². The van der Waals surface area contributed by atoms with Crippen LogP contribution in [-0.4, -0.2) is 56.7 Å². The third kappa shape index (κ3) is 6.70. The zero-order valence-corrected chi connectivity index (χ0v) is 19.1. The average molecular weight is 474 g/mol. The van der Waals surface area contributed by atoms with E-state index in [0.29, 0.717) is 5.92 Å². The van der Waals surface area contributed by atoms with Gasteiger partial charge in [-0.25, -0.2) is 0 Å². The molecule has 1 aromatic rings. The van der Waals surface area contributed by atoms with Gasteiger partial charge in [-0.2, -0.15) is 0 Å². The molecule has 0 aromatic heterocycles. The fourth-order valence-electron chi connectivity index (χ4n) is 2.84. The van der Waals surface area contributed by atoms with Crippen molar-refractivity contribution in [1.82, 2.24) is 15.5 Å². The average Bonchev–Trinajstić information content (AvgIpc) is 3.06. The number of halogens is 1. The van der Waals surface area contributed by atoms with Crippen molar-refractivity contribution < 1.29 is 4.74 Å². The molecule has 1 heterocycles. The number of aliphatic imine (C=N–C) groups is 1. The lowest BCUT2D eigenvalue weighted by atomic mass is 9.95. The summed E-state index contributed by atoms with van der Waals surface area (Å²) in [5.41, 5.74) is 1.30. The molecule has 2 unspecified atom stereocenters. The van der Waals surface area contributed by atoms with E-state index in [4.69, 9.17) is 9.73 Å². The summed E-state index contributed by atoms with van der Waals surface area (Å²) in [6.45, 7) is 9.81.